The van der Waals surface area contributed by atoms with Crippen LogP contribution in [0.3, 0.4) is 0 Å². The van der Waals surface area contributed by atoms with E-state index in [2.05, 4.69) is 82.8 Å². The molecule has 2 heterocycles. The summed E-state index contributed by atoms with van der Waals surface area (Å²) >= 11 is 3.34. The first-order valence-corrected chi connectivity index (χ1v) is 11.0. The van der Waals surface area contributed by atoms with Gasteiger partial charge < -0.3 is 0 Å². The molecule has 4 nitrogen and oxygen atoms in total. The molecule has 0 aliphatic rings. The van der Waals surface area contributed by atoms with Crippen molar-refractivity contribution in [1.29, 1.82) is 0 Å². The van der Waals surface area contributed by atoms with Crippen LogP contribution in [0, 0.1) is 0 Å². The molecule has 0 unspecified atom stereocenters. The van der Waals surface area contributed by atoms with E-state index in [4.69, 9.17) is 0 Å². The van der Waals surface area contributed by atoms with Crippen LogP contribution in [0.4, 0.5) is 0 Å². The van der Waals surface area contributed by atoms with Gasteiger partial charge in [0.1, 0.15) is 20.0 Å². The number of hydrogen-bond donors (Lipinski definition) is 0. The molecule has 28 heavy (non-hydrogen) atoms. The van der Waals surface area contributed by atoms with Crippen molar-refractivity contribution in [2.24, 2.45) is 0 Å². The maximum atomic E-state index is 4.34. The van der Waals surface area contributed by atoms with Crippen LogP contribution in [-0.2, 0) is 12.8 Å². The summed E-state index contributed by atoms with van der Waals surface area (Å²) in [6.07, 6.45) is 1.85. The summed E-state index contributed by atoms with van der Waals surface area (Å²) in [4.78, 5) is 0. The highest BCUT2D eigenvalue weighted by molar-refractivity contribution is 7.15. The van der Waals surface area contributed by atoms with Crippen LogP contribution in [-0.4, -0.2) is 20.4 Å². The molecule has 0 atom stereocenters. The maximum absolute atomic E-state index is 4.34. The Labute approximate surface area is 170 Å². The molecule has 0 radical (unpaired) electrons. The monoisotopic (exact) mass is 402 g/mol. The smallest absolute Gasteiger partial charge is 0.143 e. The molecule has 0 bridgehead atoms. The van der Waals surface area contributed by atoms with Gasteiger partial charge in [-0.05, 0) is 58.7 Å². The van der Waals surface area contributed by atoms with E-state index in [1.165, 1.54) is 21.5 Å². The van der Waals surface area contributed by atoms with Crippen molar-refractivity contribution in [2.45, 2.75) is 26.7 Å². The molecule has 138 valence electrons. The van der Waals surface area contributed by atoms with Crippen molar-refractivity contribution in [3.8, 4) is 21.1 Å². The predicted molar refractivity (Wildman–Crippen MR) is 118 cm³/mol. The number of nitrogens with zero attached hydrogens (tertiary/aromatic N) is 4. The third-order valence-corrected chi connectivity index (χ3v) is 7.06. The second kappa shape index (κ2) is 7.04. The van der Waals surface area contributed by atoms with Gasteiger partial charge in [-0.1, -0.05) is 60.8 Å². The fourth-order valence-corrected chi connectivity index (χ4v) is 4.84. The zero-order chi connectivity index (χ0) is 19.1. The molecule has 5 rings (SSSR count). The van der Waals surface area contributed by atoms with E-state index < -0.39 is 0 Å². The quantitative estimate of drug-likeness (QED) is 0.338. The largest absolute Gasteiger partial charge is 0.147 e. The molecule has 0 spiro atoms. The zero-order valence-corrected chi connectivity index (χ0v) is 17.3. The Hall–Kier alpha value is -2.70. The van der Waals surface area contributed by atoms with Crippen LogP contribution in [0.25, 0.3) is 42.7 Å². The van der Waals surface area contributed by atoms with Crippen LogP contribution in [0.2, 0.25) is 0 Å². The number of aryl methyl sites for hydroxylation is 2. The minimum Gasteiger partial charge on any atom is -0.143 e. The second-order valence-electron chi connectivity index (χ2n) is 6.69. The van der Waals surface area contributed by atoms with Crippen molar-refractivity contribution in [1.82, 2.24) is 20.4 Å². The molecule has 0 fully saturated rings. The number of hydrogen-bond acceptors (Lipinski definition) is 6. The topological polar surface area (TPSA) is 51.6 Å². The van der Waals surface area contributed by atoms with E-state index in [1.54, 1.807) is 22.7 Å². The zero-order valence-electron chi connectivity index (χ0n) is 15.6. The third kappa shape index (κ3) is 3.08. The first kappa shape index (κ1) is 17.4. The average molecular weight is 403 g/mol. The van der Waals surface area contributed by atoms with Gasteiger partial charge >= 0.3 is 0 Å². The Morgan fingerprint density at radius 2 is 1.04 bits per heavy atom. The van der Waals surface area contributed by atoms with Gasteiger partial charge in [-0.3, -0.25) is 0 Å². The Bertz CT molecular complexity index is 1200. The van der Waals surface area contributed by atoms with Crippen molar-refractivity contribution >= 4 is 44.2 Å². The molecule has 5 aromatic rings. The summed E-state index contributed by atoms with van der Waals surface area (Å²) in [6.45, 7) is 4.21. The van der Waals surface area contributed by atoms with E-state index in [9.17, 15) is 0 Å². The van der Waals surface area contributed by atoms with E-state index in [0.29, 0.717) is 0 Å². The fraction of sp³-hybridized carbons (Fsp3) is 0.182. The third-order valence-electron chi connectivity index (χ3n) is 4.83. The molecular formula is C22H18N4S2. The molecule has 0 amide bonds. The summed E-state index contributed by atoms with van der Waals surface area (Å²) < 4.78 is 0. The Kier molecular flexibility index (Phi) is 4.37. The van der Waals surface area contributed by atoms with E-state index in [1.807, 2.05) is 0 Å². The highest BCUT2D eigenvalue weighted by atomic mass is 32.1. The average Bonchev–Trinajstić information content (AvgIpc) is 3.41. The molecule has 0 saturated heterocycles. The summed E-state index contributed by atoms with van der Waals surface area (Å²) in [5.41, 5.74) is 2.25. The predicted octanol–water partition coefficient (Wildman–Crippen LogP) is 6.15. The normalized spacial score (nSPS) is 11.5. The van der Waals surface area contributed by atoms with E-state index in [0.717, 1.165) is 44.0 Å². The van der Waals surface area contributed by atoms with Gasteiger partial charge in [0.05, 0.1) is 0 Å². The maximum Gasteiger partial charge on any atom is 0.147 e. The minimum atomic E-state index is 0.923. The fourth-order valence-electron chi connectivity index (χ4n) is 3.29. The summed E-state index contributed by atoms with van der Waals surface area (Å²) in [5.74, 6) is 0. The highest BCUT2D eigenvalue weighted by Gasteiger charge is 2.09. The lowest BCUT2D eigenvalue weighted by atomic mass is 10.0. The first-order chi connectivity index (χ1) is 13.7. The number of rotatable bonds is 4. The number of aromatic nitrogens is 4. The Morgan fingerprint density at radius 3 is 1.43 bits per heavy atom. The molecule has 0 aliphatic carbocycles. The van der Waals surface area contributed by atoms with Crippen molar-refractivity contribution < 1.29 is 0 Å². The highest BCUT2D eigenvalue weighted by Crippen LogP contribution is 2.32. The SMILES string of the molecule is CCc1nnc(-c2ccc3cc4cc(-c5nnc(CC)s5)ccc4cc3c2)s1. The molecule has 2 aromatic heterocycles. The van der Waals surface area contributed by atoms with E-state index in [-0.39, 0.29) is 0 Å². The van der Waals surface area contributed by atoms with Crippen LogP contribution in [0.5, 0.6) is 0 Å². The van der Waals surface area contributed by atoms with Crippen LogP contribution in [0.15, 0.2) is 48.5 Å². The van der Waals surface area contributed by atoms with E-state index >= 15 is 0 Å². The lowest BCUT2D eigenvalue weighted by Crippen LogP contribution is -1.82. The van der Waals surface area contributed by atoms with Gasteiger partial charge in [0.15, 0.2) is 0 Å². The molecule has 0 saturated carbocycles. The molecule has 6 heteroatoms. The van der Waals surface area contributed by atoms with Gasteiger partial charge in [0.25, 0.3) is 0 Å². The van der Waals surface area contributed by atoms with Gasteiger partial charge in [0.2, 0.25) is 0 Å². The molecule has 0 N–H and O–H groups in total. The lowest BCUT2D eigenvalue weighted by molar-refractivity contribution is 0.986. The first-order valence-electron chi connectivity index (χ1n) is 9.36. The number of benzene rings is 3. The molecular weight excluding hydrogens is 384 g/mol. The minimum absolute atomic E-state index is 0.923. The van der Waals surface area contributed by atoms with Gasteiger partial charge in [-0.25, -0.2) is 0 Å². The number of fused-ring (bicyclic) bond motifs is 2. The van der Waals surface area contributed by atoms with Crippen molar-refractivity contribution in [3.05, 3.63) is 58.5 Å². The molecule has 3 aromatic carbocycles. The summed E-state index contributed by atoms with van der Waals surface area (Å²) in [7, 11) is 0. The standard InChI is InChI=1S/C22H18N4S2/c1-3-19-23-25-21(27-19)15-7-5-13-10-18-12-16(22-26-24-20(4-2)28-22)8-6-14(18)9-17(13)11-15/h5-12H,3-4H2,1-2H3. The van der Waals surface area contributed by atoms with Crippen LogP contribution < -0.4 is 0 Å². The van der Waals surface area contributed by atoms with Crippen LogP contribution >= 0.6 is 22.7 Å². The van der Waals surface area contributed by atoms with Gasteiger partial charge in [-0.15, -0.1) is 20.4 Å². The van der Waals surface area contributed by atoms with Crippen molar-refractivity contribution in [3.63, 3.8) is 0 Å². The molecule has 0 aliphatic heterocycles. The lowest BCUT2D eigenvalue weighted by Gasteiger charge is -2.06. The van der Waals surface area contributed by atoms with Gasteiger partial charge in [-0.2, -0.15) is 0 Å². The van der Waals surface area contributed by atoms with Crippen LogP contribution in [0.1, 0.15) is 23.9 Å². The second-order valence-corrected chi connectivity index (χ2v) is 8.81. The summed E-state index contributed by atoms with van der Waals surface area (Å²) in [6, 6.07) is 17.5. The summed E-state index contributed by atoms with van der Waals surface area (Å²) in [5, 5.41) is 26.2. The Balaban J connectivity index is 1.58. The van der Waals surface area contributed by atoms with Gasteiger partial charge in [0, 0.05) is 11.1 Å². The Morgan fingerprint density at radius 1 is 0.571 bits per heavy atom. The van der Waals surface area contributed by atoms with Crippen molar-refractivity contribution in [2.75, 3.05) is 0 Å².